The molecule has 1 aromatic rings. The molecule has 0 bridgehead atoms. The molecule has 0 aliphatic carbocycles. The summed E-state index contributed by atoms with van der Waals surface area (Å²) < 4.78 is 0. The molecule has 0 spiro atoms. The van der Waals surface area contributed by atoms with Crippen LogP contribution in [0.1, 0.15) is 19.3 Å². The Kier molecular flexibility index (Phi) is 4.05. The average molecular weight is 220 g/mol. The van der Waals surface area contributed by atoms with E-state index >= 15 is 0 Å². The highest BCUT2D eigenvalue weighted by atomic mass is 16.3. The number of rotatable bonds is 4. The van der Waals surface area contributed by atoms with Crippen molar-refractivity contribution in [2.75, 3.05) is 36.5 Å². The summed E-state index contributed by atoms with van der Waals surface area (Å²) in [5.74, 6) is 0. The number of anilines is 2. The number of nitrogens with one attached hydrogen (secondary N) is 1. The molecule has 0 unspecified atom stereocenters. The maximum absolute atomic E-state index is 8.77. The molecule has 0 aromatic heterocycles. The normalized spacial score (nSPS) is 16.2. The molecular formula is C13H20N2O. The molecule has 88 valence electrons. The number of aliphatic hydroxyl groups is 1. The summed E-state index contributed by atoms with van der Waals surface area (Å²) in [5, 5.41) is 12.0. The first-order valence-corrected chi connectivity index (χ1v) is 6.10. The van der Waals surface area contributed by atoms with Crippen LogP contribution < -0.4 is 10.2 Å². The van der Waals surface area contributed by atoms with Crippen LogP contribution in [-0.2, 0) is 0 Å². The molecule has 1 saturated heterocycles. The van der Waals surface area contributed by atoms with E-state index in [1.165, 1.54) is 38.0 Å². The molecule has 1 aromatic carbocycles. The Bertz CT molecular complexity index is 321. The van der Waals surface area contributed by atoms with Gasteiger partial charge in [0.05, 0.1) is 6.61 Å². The molecular weight excluding hydrogens is 200 g/mol. The van der Waals surface area contributed by atoms with Gasteiger partial charge >= 0.3 is 0 Å². The molecule has 0 saturated carbocycles. The van der Waals surface area contributed by atoms with E-state index in [9.17, 15) is 0 Å². The second kappa shape index (κ2) is 5.75. The maximum Gasteiger partial charge on any atom is 0.0604 e. The highest BCUT2D eigenvalue weighted by Crippen LogP contribution is 2.22. The van der Waals surface area contributed by atoms with E-state index < -0.39 is 0 Å². The lowest BCUT2D eigenvalue weighted by molar-refractivity contribution is 0.311. The first-order chi connectivity index (χ1) is 7.90. The summed E-state index contributed by atoms with van der Waals surface area (Å²) in [6.07, 6.45) is 3.96. The van der Waals surface area contributed by atoms with Gasteiger partial charge in [0.25, 0.3) is 0 Å². The number of hydrogen-bond acceptors (Lipinski definition) is 3. The quantitative estimate of drug-likeness (QED) is 0.815. The zero-order valence-corrected chi connectivity index (χ0v) is 9.65. The molecule has 0 radical (unpaired) electrons. The fourth-order valence-electron chi connectivity index (χ4n) is 2.16. The van der Waals surface area contributed by atoms with Crippen molar-refractivity contribution in [2.24, 2.45) is 0 Å². The topological polar surface area (TPSA) is 35.5 Å². The average Bonchev–Trinajstić information content (AvgIpc) is 2.38. The van der Waals surface area contributed by atoms with Crippen LogP contribution >= 0.6 is 0 Å². The highest BCUT2D eigenvalue weighted by molar-refractivity contribution is 5.58. The van der Waals surface area contributed by atoms with Crippen LogP contribution in [0.3, 0.4) is 0 Å². The van der Waals surface area contributed by atoms with Crippen LogP contribution in [0.4, 0.5) is 11.4 Å². The Balaban J connectivity index is 2.02. The Morgan fingerprint density at radius 1 is 1.19 bits per heavy atom. The van der Waals surface area contributed by atoms with Gasteiger partial charge in [0.1, 0.15) is 0 Å². The van der Waals surface area contributed by atoms with E-state index in [0.29, 0.717) is 6.54 Å². The third kappa shape index (κ3) is 2.89. The van der Waals surface area contributed by atoms with Crippen molar-refractivity contribution in [1.82, 2.24) is 0 Å². The summed E-state index contributed by atoms with van der Waals surface area (Å²) in [7, 11) is 0. The third-order valence-electron chi connectivity index (χ3n) is 3.01. The summed E-state index contributed by atoms with van der Waals surface area (Å²) in [4.78, 5) is 2.44. The van der Waals surface area contributed by atoms with Crippen molar-refractivity contribution in [2.45, 2.75) is 19.3 Å². The number of hydrogen-bond donors (Lipinski definition) is 2. The van der Waals surface area contributed by atoms with Gasteiger partial charge in [-0.1, -0.05) is 6.07 Å². The van der Waals surface area contributed by atoms with E-state index in [1.807, 2.05) is 6.07 Å². The van der Waals surface area contributed by atoms with E-state index in [-0.39, 0.29) is 6.61 Å². The summed E-state index contributed by atoms with van der Waals surface area (Å²) in [6, 6.07) is 8.45. The predicted molar refractivity (Wildman–Crippen MR) is 68.1 cm³/mol. The van der Waals surface area contributed by atoms with E-state index in [4.69, 9.17) is 5.11 Å². The van der Waals surface area contributed by atoms with Crippen molar-refractivity contribution in [1.29, 1.82) is 0 Å². The summed E-state index contributed by atoms with van der Waals surface area (Å²) in [5.41, 5.74) is 2.39. The van der Waals surface area contributed by atoms with Crippen molar-refractivity contribution in [3.63, 3.8) is 0 Å². The second-order valence-corrected chi connectivity index (χ2v) is 4.25. The summed E-state index contributed by atoms with van der Waals surface area (Å²) >= 11 is 0. The molecule has 2 rings (SSSR count). The first-order valence-electron chi connectivity index (χ1n) is 6.10. The second-order valence-electron chi connectivity index (χ2n) is 4.25. The fourth-order valence-corrected chi connectivity index (χ4v) is 2.16. The monoisotopic (exact) mass is 220 g/mol. The minimum Gasteiger partial charge on any atom is -0.395 e. The van der Waals surface area contributed by atoms with Gasteiger partial charge in [-0.15, -0.1) is 0 Å². The van der Waals surface area contributed by atoms with Gasteiger partial charge in [-0.3, -0.25) is 0 Å². The molecule has 1 fully saturated rings. The first kappa shape index (κ1) is 11.3. The van der Waals surface area contributed by atoms with Gasteiger partial charge in [0.2, 0.25) is 0 Å². The van der Waals surface area contributed by atoms with Crippen molar-refractivity contribution < 1.29 is 5.11 Å². The molecule has 2 N–H and O–H groups in total. The summed E-state index contributed by atoms with van der Waals surface area (Å²) in [6.45, 7) is 3.13. The molecule has 1 aliphatic heterocycles. The molecule has 1 heterocycles. The van der Waals surface area contributed by atoms with Crippen LogP contribution in [0.5, 0.6) is 0 Å². The van der Waals surface area contributed by atoms with E-state index in [1.54, 1.807) is 0 Å². The molecule has 0 amide bonds. The maximum atomic E-state index is 8.77. The van der Waals surface area contributed by atoms with Crippen LogP contribution in [0.15, 0.2) is 24.3 Å². The molecule has 0 atom stereocenters. The van der Waals surface area contributed by atoms with Gasteiger partial charge < -0.3 is 15.3 Å². The lowest BCUT2D eigenvalue weighted by Crippen LogP contribution is -2.29. The van der Waals surface area contributed by atoms with Gasteiger partial charge in [0, 0.05) is 31.0 Å². The lowest BCUT2D eigenvalue weighted by atomic mass is 10.1. The zero-order valence-electron chi connectivity index (χ0n) is 9.65. The number of benzene rings is 1. The van der Waals surface area contributed by atoms with Crippen molar-refractivity contribution >= 4 is 11.4 Å². The van der Waals surface area contributed by atoms with E-state index in [0.717, 1.165) is 5.69 Å². The fraction of sp³-hybridized carbons (Fsp3) is 0.538. The van der Waals surface area contributed by atoms with Gasteiger partial charge in [0.15, 0.2) is 0 Å². The number of aliphatic hydroxyl groups excluding tert-OH is 1. The molecule has 3 heteroatoms. The van der Waals surface area contributed by atoms with Crippen molar-refractivity contribution in [3.05, 3.63) is 24.3 Å². The zero-order chi connectivity index (χ0) is 11.2. The smallest absolute Gasteiger partial charge is 0.0604 e. The highest BCUT2D eigenvalue weighted by Gasteiger charge is 2.10. The van der Waals surface area contributed by atoms with E-state index in [2.05, 4.69) is 28.4 Å². The Labute approximate surface area is 97.1 Å². The van der Waals surface area contributed by atoms with Gasteiger partial charge in [-0.2, -0.15) is 0 Å². The molecule has 16 heavy (non-hydrogen) atoms. The largest absolute Gasteiger partial charge is 0.395 e. The minimum atomic E-state index is 0.175. The van der Waals surface area contributed by atoms with Crippen LogP contribution in [0.25, 0.3) is 0 Å². The predicted octanol–water partition coefficient (Wildman–Crippen LogP) is 2.08. The van der Waals surface area contributed by atoms with Crippen LogP contribution in [0.2, 0.25) is 0 Å². The Morgan fingerprint density at radius 3 is 2.75 bits per heavy atom. The molecule has 1 aliphatic rings. The van der Waals surface area contributed by atoms with Crippen LogP contribution in [-0.4, -0.2) is 31.3 Å². The Morgan fingerprint density at radius 2 is 2.00 bits per heavy atom. The Hall–Kier alpha value is -1.22. The van der Waals surface area contributed by atoms with Crippen LogP contribution in [0, 0.1) is 0 Å². The van der Waals surface area contributed by atoms with Crippen molar-refractivity contribution in [3.8, 4) is 0 Å². The lowest BCUT2D eigenvalue weighted by Gasteiger charge is -2.29. The minimum absolute atomic E-state index is 0.175. The number of piperidine rings is 1. The number of nitrogens with zero attached hydrogens (tertiary/aromatic N) is 1. The molecule has 3 nitrogen and oxygen atoms in total. The van der Waals surface area contributed by atoms with Gasteiger partial charge in [-0.05, 0) is 37.5 Å². The standard InChI is InChI=1S/C13H20N2O/c16-10-7-14-12-5-4-6-13(11-12)15-8-2-1-3-9-15/h4-6,11,14,16H,1-3,7-10H2. The van der Waals surface area contributed by atoms with Gasteiger partial charge in [-0.25, -0.2) is 0 Å². The third-order valence-corrected chi connectivity index (χ3v) is 3.01. The SMILES string of the molecule is OCCNc1cccc(N2CCCCC2)c1.